The number of aliphatic carboxylic acids is 1. The summed E-state index contributed by atoms with van der Waals surface area (Å²) in [5, 5.41) is 14.8. The molecule has 0 saturated heterocycles. The lowest BCUT2D eigenvalue weighted by Crippen LogP contribution is -2.53. The molecule has 0 aliphatic heterocycles. The molecular formula is C23H28N2O7. The number of carboxylic acid groups (broad SMARTS) is 1. The Bertz CT molecular complexity index is 1090. The first-order valence-corrected chi connectivity index (χ1v) is 10.7. The maximum absolute atomic E-state index is 12.4. The predicted molar refractivity (Wildman–Crippen MR) is 117 cm³/mol. The smallest absolute Gasteiger partial charge is 0.339 e. The second kappa shape index (κ2) is 9.84. The number of benzene rings is 1. The number of carbonyl (C=O) groups is 3. The summed E-state index contributed by atoms with van der Waals surface area (Å²) in [6.07, 6.45) is 3.56. The van der Waals surface area contributed by atoms with Gasteiger partial charge in [0.2, 0.25) is 5.91 Å². The second-order valence-electron chi connectivity index (χ2n) is 8.36. The van der Waals surface area contributed by atoms with Crippen molar-refractivity contribution in [3.8, 4) is 5.75 Å². The van der Waals surface area contributed by atoms with E-state index >= 15 is 0 Å². The van der Waals surface area contributed by atoms with Gasteiger partial charge < -0.3 is 24.9 Å². The number of ether oxygens (including phenoxy) is 1. The zero-order valence-corrected chi connectivity index (χ0v) is 18.4. The molecule has 2 aromatic rings. The maximum atomic E-state index is 12.4. The molecular weight excluding hydrogens is 416 g/mol. The molecule has 3 N–H and O–H groups in total. The van der Waals surface area contributed by atoms with Gasteiger partial charge in [-0.15, -0.1) is 0 Å². The minimum Gasteiger partial charge on any atom is -0.484 e. The van der Waals surface area contributed by atoms with E-state index in [9.17, 15) is 19.2 Å². The Balaban J connectivity index is 1.66. The zero-order chi connectivity index (χ0) is 23.4. The number of hydrogen-bond acceptors (Lipinski definition) is 6. The van der Waals surface area contributed by atoms with Crippen LogP contribution in [-0.4, -0.2) is 41.6 Å². The molecule has 3 rings (SSSR count). The van der Waals surface area contributed by atoms with E-state index in [-0.39, 0.29) is 18.2 Å². The quantitative estimate of drug-likeness (QED) is 0.528. The highest BCUT2D eigenvalue weighted by molar-refractivity contribution is 5.91. The monoisotopic (exact) mass is 444 g/mol. The highest BCUT2D eigenvalue weighted by Crippen LogP contribution is 2.29. The van der Waals surface area contributed by atoms with Gasteiger partial charge in [-0.3, -0.25) is 14.4 Å². The Hall–Kier alpha value is -3.36. The van der Waals surface area contributed by atoms with Crippen molar-refractivity contribution >= 4 is 28.8 Å². The third-order valence-electron chi connectivity index (χ3n) is 5.56. The normalized spacial score (nSPS) is 15.0. The topological polar surface area (TPSA) is 135 Å². The van der Waals surface area contributed by atoms with Crippen LogP contribution in [0.4, 0.5) is 0 Å². The van der Waals surface area contributed by atoms with Crippen LogP contribution in [0.2, 0.25) is 0 Å². The van der Waals surface area contributed by atoms with Crippen molar-refractivity contribution in [1.82, 2.24) is 10.6 Å². The summed E-state index contributed by atoms with van der Waals surface area (Å²) in [5.41, 5.74) is 1.85. The van der Waals surface area contributed by atoms with Gasteiger partial charge in [0.1, 0.15) is 23.4 Å². The number of fused-ring (bicyclic) bond motifs is 3. The van der Waals surface area contributed by atoms with E-state index in [1.54, 1.807) is 26.0 Å². The Morgan fingerprint density at radius 1 is 1.09 bits per heavy atom. The van der Waals surface area contributed by atoms with Gasteiger partial charge in [0, 0.05) is 17.0 Å². The van der Waals surface area contributed by atoms with Gasteiger partial charge in [-0.1, -0.05) is 13.8 Å². The number of amides is 2. The summed E-state index contributed by atoms with van der Waals surface area (Å²) in [6.45, 7) is 4.47. The van der Waals surface area contributed by atoms with Crippen LogP contribution in [0.15, 0.2) is 27.4 Å². The van der Waals surface area contributed by atoms with Crippen molar-refractivity contribution in [3.05, 3.63) is 39.7 Å². The van der Waals surface area contributed by atoms with Crippen LogP contribution in [0.5, 0.6) is 5.75 Å². The predicted octanol–water partition coefficient (Wildman–Crippen LogP) is 1.78. The number of hydrogen-bond donors (Lipinski definition) is 3. The minimum atomic E-state index is -1.17. The Morgan fingerprint density at radius 2 is 1.78 bits per heavy atom. The van der Waals surface area contributed by atoms with E-state index in [1.165, 1.54) is 6.92 Å². The molecule has 0 unspecified atom stereocenters. The van der Waals surface area contributed by atoms with Crippen LogP contribution < -0.4 is 21.0 Å². The molecule has 9 nitrogen and oxygen atoms in total. The standard InChI is InChI=1S/C23H28N2O7/c1-12(2)20(21(27)24-13(3)22(28)29)25-19(26)11-31-14-8-9-16-15-6-4-5-7-17(15)23(30)32-18(16)10-14/h8-10,12-13,20H,4-7,11H2,1-3H3,(H,24,27)(H,25,26)(H,28,29)/t13-,20-/m0/s1. The number of rotatable bonds is 8. The summed E-state index contributed by atoms with van der Waals surface area (Å²) < 4.78 is 11.0. The molecule has 0 fully saturated rings. The van der Waals surface area contributed by atoms with Crippen LogP contribution in [0, 0.1) is 5.92 Å². The lowest BCUT2D eigenvalue weighted by molar-refractivity contribution is -0.142. The fraction of sp³-hybridized carbons (Fsp3) is 0.478. The summed E-state index contributed by atoms with van der Waals surface area (Å²) in [4.78, 5) is 47.9. The Morgan fingerprint density at radius 3 is 2.44 bits per heavy atom. The van der Waals surface area contributed by atoms with E-state index in [2.05, 4.69) is 10.6 Å². The summed E-state index contributed by atoms with van der Waals surface area (Å²) in [5.74, 6) is -2.19. The SMILES string of the molecule is CC(C)[C@H](NC(=O)COc1ccc2c3c(c(=O)oc2c1)CCCC3)C(=O)N[C@@H](C)C(=O)O. The third-order valence-corrected chi connectivity index (χ3v) is 5.56. The van der Waals surface area contributed by atoms with Gasteiger partial charge in [-0.2, -0.15) is 0 Å². The molecule has 0 saturated carbocycles. The van der Waals surface area contributed by atoms with Gasteiger partial charge in [-0.25, -0.2) is 4.79 Å². The Labute approximate surface area is 185 Å². The zero-order valence-electron chi connectivity index (χ0n) is 18.4. The fourth-order valence-electron chi connectivity index (χ4n) is 3.78. The number of carboxylic acids is 1. The summed E-state index contributed by atoms with van der Waals surface area (Å²) >= 11 is 0. The molecule has 1 aliphatic carbocycles. The molecule has 1 heterocycles. The number of aryl methyl sites for hydroxylation is 1. The van der Waals surface area contributed by atoms with E-state index in [4.69, 9.17) is 14.3 Å². The molecule has 1 aliphatic rings. The maximum Gasteiger partial charge on any atom is 0.339 e. The van der Waals surface area contributed by atoms with E-state index in [1.807, 2.05) is 6.07 Å². The van der Waals surface area contributed by atoms with Crippen molar-refractivity contribution in [3.63, 3.8) is 0 Å². The second-order valence-corrected chi connectivity index (χ2v) is 8.36. The molecule has 0 bridgehead atoms. The average Bonchev–Trinajstić information content (AvgIpc) is 2.75. The van der Waals surface area contributed by atoms with E-state index < -0.39 is 29.9 Å². The van der Waals surface area contributed by atoms with Crippen molar-refractivity contribution in [1.29, 1.82) is 0 Å². The van der Waals surface area contributed by atoms with Gasteiger partial charge in [0.15, 0.2) is 6.61 Å². The van der Waals surface area contributed by atoms with E-state index in [0.29, 0.717) is 11.3 Å². The van der Waals surface area contributed by atoms with Crippen LogP contribution >= 0.6 is 0 Å². The van der Waals surface area contributed by atoms with Crippen molar-refractivity contribution in [2.75, 3.05) is 6.61 Å². The molecule has 32 heavy (non-hydrogen) atoms. The number of nitrogens with one attached hydrogen (secondary N) is 2. The lowest BCUT2D eigenvalue weighted by atomic mass is 9.91. The third kappa shape index (κ3) is 5.27. The largest absolute Gasteiger partial charge is 0.484 e. The van der Waals surface area contributed by atoms with E-state index in [0.717, 1.165) is 42.2 Å². The lowest BCUT2D eigenvalue weighted by Gasteiger charge is -2.23. The first-order valence-electron chi connectivity index (χ1n) is 10.7. The number of carbonyl (C=O) groups excluding carboxylic acids is 2. The van der Waals surface area contributed by atoms with Gasteiger partial charge in [-0.05, 0) is 56.2 Å². The molecule has 0 spiro atoms. The fourth-order valence-corrected chi connectivity index (χ4v) is 3.78. The first kappa shape index (κ1) is 23.3. The minimum absolute atomic E-state index is 0.263. The molecule has 1 aromatic carbocycles. The highest BCUT2D eigenvalue weighted by atomic mass is 16.5. The molecule has 172 valence electrons. The average molecular weight is 444 g/mol. The van der Waals surface area contributed by atoms with Gasteiger partial charge in [0.05, 0.1) is 0 Å². The van der Waals surface area contributed by atoms with Crippen LogP contribution in [0.1, 0.15) is 44.7 Å². The van der Waals surface area contributed by atoms with Gasteiger partial charge in [0.25, 0.3) is 5.91 Å². The molecule has 1 aromatic heterocycles. The highest BCUT2D eigenvalue weighted by Gasteiger charge is 2.27. The molecule has 9 heteroatoms. The van der Waals surface area contributed by atoms with Crippen molar-refractivity contribution in [2.24, 2.45) is 5.92 Å². The van der Waals surface area contributed by atoms with Gasteiger partial charge >= 0.3 is 11.6 Å². The van der Waals surface area contributed by atoms with Crippen molar-refractivity contribution < 1.29 is 28.6 Å². The molecule has 0 radical (unpaired) electrons. The van der Waals surface area contributed by atoms with Crippen LogP contribution in [-0.2, 0) is 27.2 Å². The molecule has 2 atom stereocenters. The van der Waals surface area contributed by atoms with Crippen LogP contribution in [0.25, 0.3) is 11.0 Å². The Kier molecular flexibility index (Phi) is 7.17. The summed E-state index contributed by atoms with van der Waals surface area (Å²) in [7, 11) is 0. The molecule has 2 amide bonds. The van der Waals surface area contributed by atoms with Crippen LogP contribution in [0.3, 0.4) is 0 Å². The van der Waals surface area contributed by atoms with Crippen molar-refractivity contribution in [2.45, 2.75) is 58.5 Å². The first-order chi connectivity index (χ1) is 15.2. The summed E-state index contributed by atoms with van der Waals surface area (Å²) in [6, 6.07) is 3.14.